The van der Waals surface area contributed by atoms with Gasteiger partial charge in [0.2, 0.25) is 0 Å². The summed E-state index contributed by atoms with van der Waals surface area (Å²) in [7, 11) is 0. The van der Waals surface area contributed by atoms with Crippen molar-refractivity contribution >= 4 is 34.0 Å². The van der Waals surface area contributed by atoms with Gasteiger partial charge in [0.1, 0.15) is 5.52 Å². The summed E-state index contributed by atoms with van der Waals surface area (Å²) in [6.07, 6.45) is 7.33. The third-order valence-corrected chi connectivity index (χ3v) is 5.21. The fourth-order valence-electron chi connectivity index (χ4n) is 3.00. The zero-order valence-corrected chi connectivity index (χ0v) is 12.6. The smallest absolute Gasteiger partial charge is 0.295 e. The third kappa shape index (κ3) is 2.68. The van der Waals surface area contributed by atoms with E-state index in [0.717, 1.165) is 17.5 Å². The largest absolute Gasteiger partial charge is 0.381 e. The number of nitrogens with zero attached hydrogens (tertiary/aromatic N) is 2. The number of rotatable bonds is 4. The van der Waals surface area contributed by atoms with Crippen molar-refractivity contribution < 1.29 is 4.92 Å². The van der Waals surface area contributed by atoms with Crippen LogP contribution in [0.5, 0.6) is 0 Å². The molecule has 0 saturated heterocycles. The molecule has 3 rings (SSSR count). The van der Waals surface area contributed by atoms with Gasteiger partial charge in [-0.25, -0.2) is 4.98 Å². The SMILES string of the molecule is CSC1CCCC1Nc1ccc([N+](=O)[O-])c2ncccc12. The van der Waals surface area contributed by atoms with E-state index in [-0.39, 0.29) is 10.6 Å². The fraction of sp³-hybridized carbons (Fsp3) is 0.400. The molecule has 1 N–H and O–H groups in total. The third-order valence-electron chi connectivity index (χ3n) is 4.04. The van der Waals surface area contributed by atoms with E-state index in [9.17, 15) is 10.1 Å². The Bertz CT molecular complexity index is 677. The van der Waals surface area contributed by atoms with E-state index in [4.69, 9.17) is 0 Å². The van der Waals surface area contributed by atoms with Crippen LogP contribution in [0, 0.1) is 10.1 Å². The Labute approximate surface area is 127 Å². The monoisotopic (exact) mass is 303 g/mol. The number of hydrogen-bond donors (Lipinski definition) is 1. The number of nitro groups is 1. The van der Waals surface area contributed by atoms with Gasteiger partial charge in [-0.05, 0) is 37.3 Å². The maximum absolute atomic E-state index is 11.1. The molecule has 2 unspecified atom stereocenters. The van der Waals surface area contributed by atoms with Gasteiger partial charge in [-0.15, -0.1) is 0 Å². The van der Waals surface area contributed by atoms with Gasteiger partial charge in [-0.2, -0.15) is 11.8 Å². The summed E-state index contributed by atoms with van der Waals surface area (Å²) >= 11 is 1.89. The molecule has 1 aliphatic carbocycles. The number of nitrogens with one attached hydrogen (secondary N) is 1. The first-order chi connectivity index (χ1) is 10.2. The summed E-state index contributed by atoms with van der Waals surface area (Å²) in [4.78, 5) is 14.9. The van der Waals surface area contributed by atoms with Crippen molar-refractivity contribution in [3.8, 4) is 0 Å². The van der Waals surface area contributed by atoms with Crippen molar-refractivity contribution in [2.75, 3.05) is 11.6 Å². The molecule has 2 aromatic rings. The van der Waals surface area contributed by atoms with Crippen molar-refractivity contribution in [3.05, 3.63) is 40.6 Å². The molecule has 110 valence electrons. The van der Waals surface area contributed by atoms with Gasteiger partial charge in [-0.3, -0.25) is 10.1 Å². The van der Waals surface area contributed by atoms with Crippen LogP contribution < -0.4 is 5.32 Å². The number of non-ortho nitro benzene ring substituents is 1. The van der Waals surface area contributed by atoms with Crippen LogP contribution in [0.1, 0.15) is 19.3 Å². The lowest BCUT2D eigenvalue weighted by Crippen LogP contribution is -2.25. The number of thioether (sulfide) groups is 1. The molecule has 2 atom stereocenters. The van der Waals surface area contributed by atoms with Gasteiger partial charge in [0, 0.05) is 34.6 Å². The second-order valence-electron chi connectivity index (χ2n) is 5.24. The van der Waals surface area contributed by atoms with Gasteiger partial charge in [-0.1, -0.05) is 6.42 Å². The predicted molar refractivity (Wildman–Crippen MR) is 87.0 cm³/mol. The van der Waals surface area contributed by atoms with Crippen molar-refractivity contribution in [1.82, 2.24) is 4.98 Å². The summed E-state index contributed by atoms with van der Waals surface area (Å²) in [5, 5.41) is 16.1. The number of anilines is 1. The van der Waals surface area contributed by atoms with Crippen molar-refractivity contribution in [2.24, 2.45) is 0 Å². The highest BCUT2D eigenvalue weighted by molar-refractivity contribution is 7.99. The first-order valence-corrected chi connectivity index (χ1v) is 8.31. The van der Waals surface area contributed by atoms with Crippen LogP contribution in [-0.4, -0.2) is 27.5 Å². The molecule has 0 aliphatic heterocycles. The first-order valence-electron chi connectivity index (χ1n) is 7.02. The Hall–Kier alpha value is -1.82. The normalized spacial score (nSPS) is 21.6. The minimum atomic E-state index is -0.376. The Morgan fingerprint density at radius 3 is 3.00 bits per heavy atom. The molecule has 1 aromatic carbocycles. The molecule has 21 heavy (non-hydrogen) atoms. The highest BCUT2D eigenvalue weighted by Gasteiger charge is 2.27. The Kier molecular flexibility index (Phi) is 3.96. The molecule has 1 heterocycles. The van der Waals surface area contributed by atoms with E-state index < -0.39 is 0 Å². The number of fused-ring (bicyclic) bond motifs is 1. The van der Waals surface area contributed by atoms with Crippen LogP contribution in [0.15, 0.2) is 30.5 Å². The predicted octanol–water partition coefficient (Wildman–Crippen LogP) is 3.84. The maximum atomic E-state index is 11.1. The Balaban J connectivity index is 2.00. The molecule has 5 nitrogen and oxygen atoms in total. The molecular weight excluding hydrogens is 286 g/mol. The lowest BCUT2D eigenvalue weighted by molar-refractivity contribution is -0.383. The zero-order valence-electron chi connectivity index (χ0n) is 11.8. The van der Waals surface area contributed by atoms with Crippen molar-refractivity contribution in [1.29, 1.82) is 0 Å². The summed E-state index contributed by atoms with van der Waals surface area (Å²) < 4.78 is 0. The summed E-state index contributed by atoms with van der Waals surface area (Å²) in [6, 6.07) is 7.47. The van der Waals surface area contributed by atoms with Gasteiger partial charge < -0.3 is 5.32 Å². The van der Waals surface area contributed by atoms with E-state index in [1.165, 1.54) is 12.8 Å². The quantitative estimate of drug-likeness (QED) is 0.686. The fourth-order valence-corrected chi connectivity index (χ4v) is 3.94. The van der Waals surface area contributed by atoms with E-state index in [2.05, 4.69) is 16.6 Å². The van der Waals surface area contributed by atoms with Crippen LogP contribution in [-0.2, 0) is 0 Å². The molecule has 1 saturated carbocycles. The minimum Gasteiger partial charge on any atom is -0.381 e. The summed E-state index contributed by atoms with van der Waals surface area (Å²) in [5.74, 6) is 0. The molecule has 0 bridgehead atoms. The topological polar surface area (TPSA) is 68.1 Å². The molecule has 0 radical (unpaired) electrons. The standard InChI is InChI=1S/C15H17N3O2S/c1-21-14-6-2-5-12(14)17-11-7-8-13(18(19)20)15-10(11)4-3-9-16-15/h3-4,7-9,12,14,17H,2,5-6H2,1H3. The average molecular weight is 303 g/mol. The molecule has 1 fully saturated rings. The molecule has 1 aromatic heterocycles. The van der Waals surface area contributed by atoms with E-state index >= 15 is 0 Å². The van der Waals surface area contributed by atoms with E-state index in [0.29, 0.717) is 16.8 Å². The van der Waals surface area contributed by atoms with Crippen LogP contribution in [0.2, 0.25) is 0 Å². The van der Waals surface area contributed by atoms with Crippen LogP contribution in [0.4, 0.5) is 11.4 Å². The number of nitro benzene ring substituents is 1. The lowest BCUT2D eigenvalue weighted by atomic mass is 10.1. The van der Waals surface area contributed by atoms with Gasteiger partial charge in [0.05, 0.1) is 4.92 Å². The molecule has 6 heteroatoms. The number of aromatic nitrogens is 1. The second kappa shape index (κ2) is 5.89. The Morgan fingerprint density at radius 2 is 2.24 bits per heavy atom. The molecule has 1 aliphatic rings. The lowest BCUT2D eigenvalue weighted by Gasteiger charge is -2.21. The first kappa shape index (κ1) is 14.1. The van der Waals surface area contributed by atoms with Crippen molar-refractivity contribution in [3.63, 3.8) is 0 Å². The highest BCUT2D eigenvalue weighted by Crippen LogP contribution is 2.34. The second-order valence-corrected chi connectivity index (χ2v) is 6.32. The maximum Gasteiger partial charge on any atom is 0.295 e. The minimum absolute atomic E-state index is 0.0592. The van der Waals surface area contributed by atoms with Crippen LogP contribution in [0.25, 0.3) is 10.9 Å². The Morgan fingerprint density at radius 1 is 1.38 bits per heavy atom. The van der Waals surface area contributed by atoms with E-state index in [1.54, 1.807) is 18.3 Å². The molecular formula is C15H17N3O2S. The summed E-state index contributed by atoms with van der Waals surface area (Å²) in [6.45, 7) is 0. The summed E-state index contributed by atoms with van der Waals surface area (Å²) in [5.41, 5.74) is 1.45. The number of hydrogen-bond acceptors (Lipinski definition) is 5. The van der Waals surface area contributed by atoms with Gasteiger partial charge in [0.15, 0.2) is 0 Å². The molecule has 0 amide bonds. The van der Waals surface area contributed by atoms with Crippen LogP contribution >= 0.6 is 11.8 Å². The molecule has 0 spiro atoms. The van der Waals surface area contributed by atoms with Crippen LogP contribution in [0.3, 0.4) is 0 Å². The number of benzene rings is 1. The van der Waals surface area contributed by atoms with E-state index in [1.807, 2.05) is 23.9 Å². The number of pyridine rings is 1. The zero-order chi connectivity index (χ0) is 14.8. The highest BCUT2D eigenvalue weighted by atomic mass is 32.2. The van der Waals surface area contributed by atoms with Gasteiger partial charge >= 0.3 is 0 Å². The average Bonchev–Trinajstić information content (AvgIpc) is 2.94. The van der Waals surface area contributed by atoms with Gasteiger partial charge in [0.25, 0.3) is 5.69 Å². The van der Waals surface area contributed by atoms with Crippen molar-refractivity contribution in [2.45, 2.75) is 30.6 Å².